The molecule has 0 saturated carbocycles. The third kappa shape index (κ3) is 4.32. The van der Waals surface area contributed by atoms with Crippen molar-refractivity contribution in [2.45, 2.75) is 6.92 Å². The summed E-state index contributed by atoms with van der Waals surface area (Å²) in [5, 5.41) is 8.92. The fraction of sp³-hybridized carbons (Fsp3) is 0.105. The van der Waals surface area contributed by atoms with Crippen molar-refractivity contribution in [2.24, 2.45) is 10.3 Å². The number of nitrogens with zero attached hydrogens (tertiary/aromatic N) is 2. The summed E-state index contributed by atoms with van der Waals surface area (Å²) in [6, 6.07) is 17.5. The van der Waals surface area contributed by atoms with Gasteiger partial charge in [0.25, 0.3) is 5.91 Å². The molecular weight excluding hydrogens is 316 g/mol. The summed E-state index contributed by atoms with van der Waals surface area (Å²) in [4.78, 5) is 19.9. The molecule has 0 aliphatic carbocycles. The third-order valence-corrected chi connectivity index (χ3v) is 3.60. The molecule has 1 heterocycles. The number of nitrogens with one attached hydrogen (secondary N) is 2. The molecule has 1 amide bonds. The Balaban J connectivity index is 1.50. The largest absolute Gasteiger partial charge is 0.385 e. The Morgan fingerprint density at radius 3 is 2.76 bits per heavy atom. The van der Waals surface area contributed by atoms with Crippen LogP contribution in [0.4, 0.5) is 0 Å². The zero-order valence-corrected chi connectivity index (χ0v) is 13.8. The minimum atomic E-state index is -0.374. The van der Waals surface area contributed by atoms with Crippen LogP contribution in [0.2, 0.25) is 0 Å². The van der Waals surface area contributed by atoms with E-state index in [4.69, 9.17) is 4.84 Å². The SMILES string of the molecule is CC(=NOCC(=O)N/N=C/c1c[nH]c2ccccc12)c1ccccc1. The van der Waals surface area contributed by atoms with E-state index in [0.29, 0.717) is 5.71 Å². The highest BCUT2D eigenvalue weighted by Gasteiger charge is 2.02. The standard InChI is InChI=1S/C19H18N4O2/c1-14(15-7-3-2-4-8-15)23-25-13-19(24)22-21-12-16-11-20-18-10-6-5-9-17(16)18/h2-12,20H,13H2,1H3,(H,22,24)/b21-12+,23-14?. The number of amides is 1. The van der Waals surface area contributed by atoms with E-state index in [1.165, 1.54) is 0 Å². The fourth-order valence-corrected chi connectivity index (χ4v) is 2.33. The molecule has 0 atom stereocenters. The average molecular weight is 334 g/mol. The van der Waals surface area contributed by atoms with Crippen LogP contribution in [0, 0.1) is 0 Å². The van der Waals surface area contributed by atoms with Crippen molar-refractivity contribution in [1.82, 2.24) is 10.4 Å². The van der Waals surface area contributed by atoms with Gasteiger partial charge >= 0.3 is 0 Å². The monoisotopic (exact) mass is 334 g/mol. The van der Waals surface area contributed by atoms with E-state index in [0.717, 1.165) is 22.0 Å². The molecule has 0 radical (unpaired) electrons. The van der Waals surface area contributed by atoms with Gasteiger partial charge in [-0.3, -0.25) is 4.79 Å². The first-order valence-corrected chi connectivity index (χ1v) is 7.84. The van der Waals surface area contributed by atoms with Crippen LogP contribution in [0.3, 0.4) is 0 Å². The first kappa shape index (κ1) is 16.4. The minimum Gasteiger partial charge on any atom is -0.385 e. The molecule has 126 valence electrons. The molecule has 6 heteroatoms. The number of carbonyl (C=O) groups is 1. The second-order valence-electron chi connectivity index (χ2n) is 5.40. The molecule has 0 unspecified atom stereocenters. The molecule has 2 N–H and O–H groups in total. The molecule has 2 aromatic carbocycles. The molecular formula is C19H18N4O2. The van der Waals surface area contributed by atoms with Crippen molar-refractivity contribution in [3.05, 3.63) is 71.9 Å². The number of H-pyrrole nitrogens is 1. The van der Waals surface area contributed by atoms with Gasteiger partial charge in [-0.25, -0.2) is 5.43 Å². The molecule has 3 rings (SSSR count). The van der Waals surface area contributed by atoms with Gasteiger partial charge in [0, 0.05) is 22.7 Å². The Morgan fingerprint density at radius 2 is 1.92 bits per heavy atom. The van der Waals surface area contributed by atoms with Crippen molar-refractivity contribution >= 4 is 28.7 Å². The van der Waals surface area contributed by atoms with Gasteiger partial charge in [-0.2, -0.15) is 5.10 Å². The van der Waals surface area contributed by atoms with Gasteiger partial charge in [0.1, 0.15) is 0 Å². The van der Waals surface area contributed by atoms with Crippen LogP contribution < -0.4 is 5.43 Å². The summed E-state index contributed by atoms with van der Waals surface area (Å²) in [6.07, 6.45) is 3.43. The lowest BCUT2D eigenvalue weighted by atomic mass is 10.1. The molecule has 0 aliphatic heterocycles. The molecule has 0 fully saturated rings. The predicted molar refractivity (Wildman–Crippen MR) is 98.6 cm³/mol. The smallest absolute Gasteiger partial charge is 0.280 e. The van der Waals surface area contributed by atoms with E-state index < -0.39 is 0 Å². The summed E-state index contributed by atoms with van der Waals surface area (Å²) in [6.45, 7) is 1.62. The van der Waals surface area contributed by atoms with Gasteiger partial charge in [0.2, 0.25) is 0 Å². The lowest BCUT2D eigenvalue weighted by Gasteiger charge is -2.01. The summed E-state index contributed by atoms with van der Waals surface area (Å²) in [5.74, 6) is -0.374. The van der Waals surface area contributed by atoms with E-state index >= 15 is 0 Å². The molecule has 3 aromatic rings. The van der Waals surface area contributed by atoms with E-state index in [1.54, 1.807) is 6.21 Å². The highest BCUT2D eigenvalue weighted by molar-refractivity contribution is 5.99. The lowest BCUT2D eigenvalue weighted by molar-refractivity contribution is -0.125. The molecule has 0 saturated heterocycles. The number of fused-ring (bicyclic) bond motifs is 1. The highest BCUT2D eigenvalue weighted by Crippen LogP contribution is 2.15. The van der Waals surface area contributed by atoms with E-state index in [2.05, 4.69) is 20.7 Å². The topological polar surface area (TPSA) is 78.8 Å². The number of para-hydroxylation sites is 1. The second-order valence-corrected chi connectivity index (χ2v) is 5.40. The number of hydrogen-bond donors (Lipinski definition) is 2. The molecule has 6 nitrogen and oxygen atoms in total. The minimum absolute atomic E-state index is 0.199. The van der Waals surface area contributed by atoms with Gasteiger partial charge in [-0.15, -0.1) is 0 Å². The van der Waals surface area contributed by atoms with E-state index in [9.17, 15) is 4.79 Å². The van der Waals surface area contributed by atoms with Crippen molar-refractivity contribution in [2.75, 3.05) is 6.61 Å². The maximum Gasteiger partial charge on any atom is 0.280 e. The van der Waals surface area contributed by atoms with Gasteiger partial charge in [-0.05, 0) is 18.6 Å². The van der Waals surface area contributed by atoms with Crippen LogP contribution in [-0.2, 0) is 9.63 Å². The maximum atomic E-state index is 11.7. The predicted octanol–water partition coefficient (Wildman–Crippen LogP) is 3.06. The van der Waals surface area contributed by atoms with Crippen molar-refractivity contribution < 1.29 is 9.63 Å². The van der Waals surface area contributed by atoms with Crippen LogP contribution in [-0.4, -0.2) is 29.4 Å². The highest BCUT2D eigenvalue weighted by atomic mass is 16.6. The van der Waals surface area contributed by atoms with Crippen molar-refractivity contribution in [3.8, 4) is 0 Å². The zero-order valence-electron chi connectivity index (χ0n) is 13.8. The molecule has 1 aromatic heterocycles. The van der Waals surface area contributed by atoms with Crippen molar-refractivity contribution in [1.29, 1.82) is 0 Å². The number of aromatic amines is 1. The second kappa shape index (κ2) is 7.92. The van der Waals surface area contributed by atoms with Gasteiger partial charge in [0.05, 0.1) is 11.9 Å². The fourth-order valence-electron chi connectivity index (χ4n) is 2.33. The number of rotatable bonds is 6. The number of hydrazone groups is 1. The van der Waals surface area contributed by atoms with Crippen LogP contribution in [0.1, 0.15) is 18.1 Å². The maximum absolute atomic E-state index is 11.7. The summed E-state index contributed by atoms with van der Waals surface area (Å²) in [7, 11) is 0. The van der Waals surface area contributed by atoms with Gasteiger partial charge in [-0.1, -0.05) is 53.7 Å². The Bertz CT molecular complexity index is 913. The molecule has 0 spiro atoms. The molecule has 0 aliphatic rings. The number of aromatic nitrogens is 1. The average Bonchev–Trinajstić information content (AvgIpc) is 3.06. The summed E-state index contributed by atoms with van der Waals surface area (Å²) >= 11 is 0. The van der Waals surface area contributed by atoms with E-state index in [-0.39, 0.29) is 12.5 Å². The first-order chi connectivity index (χ1) is 12.2. The Labute approximate surface area is 145 Å². The lowest BCUT2D eigenvalue weighted by Crippen LogP contribution is -2.22. The quantitative estimate of drug-likeness (QED) is 0.537. The Hall–Kier alpha value is -3.41. The Kier molecular flexibility index (Phi) is 5.21. The van der Waals surface area contributed by atoms with E-state index in [1.807, 2.05) is 67.7 Å². The summed E-state index contributed by atoms with van der Waals surface area (Å²) < 4.78 is 0. The van der Waals surface area contributed by atoms with Crippen LogP contribution in [0.25, 0.3) is 10.9 Å². The summed E-state index contributed by atoms with van der Waals surface area (Å²) in [5.41, 5.74) is 5.99. The number of oxime groups is 1. The number of benzene rings is 2. The van der Waals surface area contributed by atoms with Crippen LogP contribution in [0.5, 0.6) is 0 Å². The zero-order chi connectivity index (χ0) is 17.5. The first-order valence-electron chi connectivity index (χ1n) is 7.84. The van der Waals surface area contributed by atoms with Crippen LogP contribution in [0.15, 0.2) is 71.1 Å². The third-order valence-electron chi connectivity index (χ3n) is 3.60. The van der Waals surface area contributed by atoms with Gasteiger partial charge < -0.3 is 9.82 Å². The van der Waals surface area contributed by atoms with Crippen molar-refractivity contribution in [3.63, 3.8) is 0 Å². The normalized spacial score (nSPS) is 11.8. The molecule has 0 bridgehead atoms. The van der Waals surface area contributed by atoms with Gasteiger partial charge in [0.15, 0.2) is 6.61 Å². The molecule has 25 heavy (non-hydrogen) atoms. The number of carbonyl (C=O) groups excluding carboxylic acids is 1. The van der Waals surface area contributed by atoms with Crippen LogP contribution >= 0.6 is 0 Å². The Morgan fingerprint density at radius 1 is 1.16 bits per heavy atom. The number of hydrogen-bond acceptors (Lipinski definition) is 4.